The number of ether oxygens (including phenoxy) is 2. The molecular formula is C17H18O3. The molecule has 3 aliphatic rings. The topological polar surface area (TPSA) is 35.5 Å². The lowest BCUT2D eigenvalue weighted by Crippen LogP contribution is -2.50. The van der Waals surface area contributed by atoms with Crippen molar-refractivity contribution in [1.29, 1.82) is 0 Å². The second kappa shape index (κ2) is 4.54. The molecule has 2 aliphatic heterocycles. The van der Waals surface area contributed by atoms with Crippen LogP contribution in [-0.4, -0.2) is 24.1 Å². The summed E-state index contributed by atoms with van der Waals surface area (Å²) in [5.74, 6) is 0.480. The van der Waals surface area contributed by atoms with Crippen molar-refractivity contribution in [2.24, 2.45) is 11.8 Å². The van der Waals surface area contributed by atoms with Crippen LogP contribution in [0.25, 0.3) is 0 Å². The minimum Gasteiger partial charge on any atom is -0.373 e. The third-order valence-electron chi connectivity index (χ3n) is 4.82. The Morgan fingerprint density at radius 3 is 2.95 bits per heavy atom. The quantitative estimate of drug-likeness (QED) is 0.789. The number of ketones is 1. The fourth-order valence-corrected chi connectivity index (χ4v) is 3.79. The third kappa shape index (κ3) is 1.77. The SMILES string of the molecule is O=C1C2CCC1C1(COCc3ccccc3)C=CC2O1. The van der Waals surface area contributed by atoms with E-state index < -0.39 is 5.60 Å². The number of carbonyl (C=O) groups excluding carboxylic acids is 1. The van der Waals surface area contributed by atoms with Gasteiger partial charge in [0.2, 0.25) is 0 Å². The predicted molar refractivity (Wildman–Crippen MR) is 74.1 cm³/mol. The smallest absolute Gasteiger partial charge is 0.145 e. The first-order valence-corrected chi connectivity index (χ1v) is 7.31. The molecule has 4 unspecified atom stereocenters. The Morgan fingerprint density at radius 2 is 2.10 bits per heavy atom. The number of hydrogen-bond donors (Lipinski definition) is 0. The molecule has 104 valence electrons. The standard InChI is InChI=1S/C17H18O3/c18-16-13-6-7-14(16)17(9-8-15(13)20-17)11-19-10-12-4-2-1-3-5-12/h1-5,8-9,13-15H,6-7,10-11H2. The van der Waals surface area contributed by atoms with Gasteiger partial charge in [0.1, 0.15) is 11.4 Å². The molecule has 1 aliphatic carbocycles. The molecule has 4 rings (SSSR count). The van der Waals surface area contributed by atoms with Gasteiger partial charge >= 0.3 is 0 Å². The average Bonchev–Trinajstić information content (AvgIpc) is 2.97. The van der Waals surface area contributed by atoms with Crippen LogP contribution in [0.2, 0.25) is 0 Å². The maximum absolute atomic E-state index is 12.3. The first kappa shape index (κ1) is 12.3. The van der Waals surface area contributed by atoms with E-state index in [2.05, 4.69) is 12.2 Å². The van der Waals surface area contributed by atoms with Crippen LogP contribution in [0.3, 0.4) is 0 Å². The van der Waals surface area contributed by atoms with Gasteiger partial charge in [0.25, 0.3) is 0 Å². The van der Waals surface area contributed by atoms with Crippen molar-refractivity contribution in [3.63, 3.8) is 0 Å². The van der Waals surface area contributed by atoms with E-state index in [9.17, 15) is 4.79 Å². The van der Waals surface area contributed by atoms with Crippen LogP contribution < -0.4 is 0 Å². The summed E-state index contributed by atoms with van der Waals surface area (Å²) < 4.78 is 12.0. The molecule has 1 aromatic rings. The lowest BCUT2D eigenvalue weighted by molar-refractivity contribution is -0.163. The van der Waals surface area contributed by atoms with Gasteiger partial charge in [0.05, 0.1) is 25.2 Å². The molecule has 2 heterocycles. The van der Waals surface area contributed by atoms with Gasteiger partial charge in [-0.3, -0.25) is 4.79 Å². The molecule has 0 N–H and O–H groups in total. The largest absolute Gasteiger partial charge is 0.373 e. The van der Waals surface area contributed by atoms with Crippen LogP contribution in [0.15, 0.2) is 42.5 Å². The lowest BCUT2D eigenvalue weighted by atomic mass is 9.84. The van der Waals surface area contributed by atoms with Crippen molar-refractivity contribution in [2.45, 2.75) is 31.2 Å². The minimum absolute atomic E-state index is 0.00160. The molecule has 1 saturated carbocycles. The average molecular weight is 270 g/mol. The normalized spacial score (nSPS) is 37.6. The van der Waals surface area contributed by atoms with E-state index in [0.29, 0.717) is 19.0 Å². The van der Waals surface area contributed by atoms with Crippen molar-refractivity contribution in [1.82, 2.24) is 0 Å². The first-order valence-electron chi connectivity index (χ1n) is 7.31. The monoisotopic (exact) mass is 270 g/mol. The highest BCUT2D eigenvalue weighted by molar-refractivity contribution is 5.89. The van der Waals surface area contributed by atoms with Gasteiger partial charge in [-0.05, 0) is 18.4 Å². The van der Waals surface area contributed by atoms with Crippen molar-refractivity contribution in [3.05, 3.63) is 48.0 Å². The van der Waals surface area contributed by atoms with Crippen molar-refractivity contribution in [3.8, 4) is 0 Å². The number of benzene rings is 1. The number of carbonyl (C=O) groups is 1. The highest BCUT2D eigenvalue weighted by atomic mass is 16.6. The number of fused-ring (bicyclic) bond motifs is 6. The van der Waals surface area contributed by atoms with Gasteiger partial charge in [0, 0.05) is 5.92 Å². The summed E-state index contributed by atoms with van der Waals surface area (Å²) in [5.41, 5.74) is 0.651. The van der Waals surface area contributed by atoms with Gasteiger partial charge in [-0.1, -0.05) is 42.5 Å². The second-order valence-electron chi connectivity index (χ2n) is 6.01. The summed E-state index contributed by atoms with van der Waals surface area (Å²) in [7, 11) is 0. The Morgan fingerprint density at radius 1 is 1.25 bits per heavy atom. The molecule has 0 aromatic heterocycles. The molecule has 1 saturated heterocycles. The molecule has 0 radical (unpaired) electrons. The van der Waals surface area contributed by atoms with E-state index >= 15 is 0 Å². The van der Waals surface area contributed by atoms with Crippen molar-refractivity contribution >= 4 is 5.78 Å². The van der Waals surface area contributed by atoms with Gasteiger partial charge in [0.15, 0.2) is 0 Å². The fourth-order valence-electron chi connectivity index (χ4n) is 3.79. The zero-order valence-electron chi connectivity index (χ0n) is 11.3. The Labute approximate surface area is 118 Å². The molecule has 4 atom stereocenters. The van der Waals surface area contributed by atoms with Crippen molar-refractivity contribution < 1.29 is 14.3 Å². The van der Waals surface area contributed by atoms with Crippen LogP contribution in [0.4, 0.5) is 0 Å². The zero-order chi connectivity index (χ0) is 13.6. The number of rotatable bonds is 4. The summed E-state index contributed by atoms with van der Waals surface area (Å²) in [6, 6.07) is 10.1. The first-order chi connectivity index (χ1) is 9.78. The molecule has 3 heteroatoms. The van der Waals surface area contributed by atoms with Gasteiger partial charge < -0.3 is 9.47 Å². The van der Waals surface area contributed by atoms with Gasteiger partial charge in [-0.2, -0.15) is 0 Å². The van der Waals surface area contributed by atoms with E-state index in [1.54, 1.807) is 0 Å². The van der Waals surface area contributed by atoms with Crippen LogP contribution in [0.1, 0.15) is 18.4 Å². The molecule has 0 spiro atoms. The van der Waals surface area contributed by atoms with E-state index in [0.717, 1.165) is 18.4 Å². The molecule has 4 bridgehead atoms. The van der Waals surface area contributed by atoms with Crippen molar-refractivity contribution in [2.75, 3.05) is 6.61 Å². The second-order valence-corrected chi connectivity index (χ2v) is 6.01. The van der Waals surface area contributed by atoms with E-state index in [1.807, 2.05) is 30.3 Å². The third-order valence-corrected chi connectivity index (χ3v) is 4.82. The van der Waals surface area contributed by atoms with E-state index in [4.69, 9.17) is 9.47 Å². The molecule has 0 amide bonds. The summed E-state index contributed by atoms with van der Waals surface area (Å²) >= 11 is 0. The lowest BCUT2D eigenvalue weighted by Gasteiger charge is -2.37. The molecule has 2 fully saturated rings. The summed E-state index contributed by atoms with van der Waals surface area (Å²) in [5, 5.41) is 0. The summed E-state index contributed by atoms with van der Waals surface area (Å²) in [6.07, 6.45) is 6.04. The minimum atomic E-state index is -0.496. The predicted octanol–water partition coefficient (Wildman–Crippen LogP) is 2.51. The molecule has 3 nitrogen and oxygen atoms in total. The summed E-state index contributed by atoms with van der Waals surface area (Å²) in [6.45, 7) is 1.03. The summed E-state index contributed by atoms with van der Waals surface area (Å²) in [4.78, 5) is 12.3. The van der Waals surface area contributed by atoms with Crippen LogP contribution in [0, 0.1) is 11.8 Å². The highest BCUT2D eigenvalue weighted by Gasteiger charge is 2.58. The van der Waals surface area contributed by atoms with Crippen LogP contribution >= 0.6 is 0 Å². The molecule has 20 heavy (non-hydrogen) atoms. The Hall–Kier alpha value is -1.45. The zero-order valence-corrected chi connectivity index (χ0v) is 11.3. The number of hydrogen-bond acceptors (Lipinski definition) is 3. The van der Waals surface area contributed by atoms with Crippen LogP contribution in [0.5, 0.6) is 0 Å². The highest BCUT2D eigenvalue weighted by Crippen LogP contribution is 2.50. The molecule has 1 aromatic carbocycles. The fraction of sp³-hybridized carbons (Fsp3) is 0.471. The van der Waals surface area contributed by atoms with Gasteiger partial charge in [-0.15, -0.1) is 0 Å². The van der Waals surface area contributed by atoms with Gasteiger partial charge in [-0.25, -0.2) is 0 Å². The Bertz CT molecular complexity index is 551. The van der Waals surface area contributed by atoms with E-state index in [-0.39, 0.29) is 17.9 Å². The Kier molecular flexibility index (Phi) is 2.79. The number of Topliss-reactive ketones (excluding diaryl/α,β-unsaturated/α-hetero) is 1. The maximum atomic E-state index is 12.3. The maximum Gasteiger partial charge on any atom is 0.145 e. The van der Waals surface area contributed by atoms with Crippen LogP contribution in [-0.2, 0) is 20.9 Å². The Balaban J connectivity index is 1.46. The van der Waals surface area contributed by atoms with E-state index in [1.165, 1.54) is 0 Å². The molecular weight excluding hydrogens is 252 g/mol.